The van der Waals surface area contributed by atoms with E-state index in [1.165, 1.54) is 19.3 Å². The number of likely N-dealkylation sites (tertiary alicyclic amines) is 1. The Labute approximate surface area is 113 Å². The molecular weight excluding hydrogens is 250 g/mol. The van der Waals surface area contributed by atoms with Crippen LogP contribution in [0.25, 0.3) is 0 Å². The number of ether oxygens (including phenoxy) is 1. The van der Waals surface area contributed by atoms with Gasteiger partial charge in [-0.05, 0) is 32.0 Å². The molecule has 1 saturated heterocycles. The molecule has 1 aliphatic heterocycles. The van der Waals surface area contributed by atoms with Gasteiger partial charge in [0.25, 0.3) is 0 Å². The van der Waals surface area contributed by atoms with Crippen LogP contribution in [0.2, 0.25) is 5.02 Å². The quantitative estimate of drug-likeness (QED) is 0.909. The maximum atomic E-state index is 5.96. The first-order chi connectivity index (χ1) is 8.70. The highest BCUT2D eigenvalue weighted by Gasteiger charge is 2.19. The molecule has 2 N–H and O–H groups in total. The summed E-state index contributed by atoms with van der Waals surface area (Å²) < 4.78 is 5.75. The molecule has 0 bridgehead atoms. The first-order valence-corrected chi connectivity index (χ1v) is 6.76. The molecule has 0 amide bonds. The van der Waals surface area contributed by atoms with E-state index in [0.717, 1.165) is 12.1 Å². The van der Waals surface area contributed by atoms with Crippen LogP contribution in [-0.4, -0.2) is 36.1 Å². The number of nitrogens with two attached hydrogens (primary N) is 1. The summed E-state index contributed by atoms with van der Waals surface area (Å²) in [5.41, 5.74) is 6.48. The number of aromatic nitrogens is 1. The Bertz CT molecular complexity index is 400. The lowest BCUT2D eigenvalue weighted by molar-refractivity contribution is 0.122. The molecular formula is C13H20ClN3O. The van der Waals surface area contributed by atoms with Crippen LogP contribution in [0.5, 0.6) is 5.88 Å². The predicted octanol–water partition coefficient (Wildman–Crippen LogP) is 2.06. The van der Waals surface area contributed by atoms with Gasteiger partial charge in [0, 0.05) is 24.8 Å². The van der Waals surface area contributed by atoms with Gasteiger partial charge in [-0.25, -0.2) is 4.98 Å². The van der Waals surface area contributed by atoms with Crippen molar-refractivity contribution in [1.82, 2.24) is 9.88 Å². The van der Waals surface area contributed by atoms with E-state index in [1.54, 1.807) is 6.20 Å². The lowest BCUT2D eigenvalue weighted by Gasteiger charge is -2.31. The van der Waals surface area contributed by atoms with E-state index in [9.17, 15) is 0 Å². The first kappa shape index (κ1) is 13.6. The minimum atomic E-state index is 0.404. The summed E-state index contributed by atoms with van der Waals surface area (Å²) in [6.07, 6.45) is 5.35. The van der Waals surface area contributed by atoms with E-state index in [-0.39, 0.29) is 0 Å². The molecule has 1 atom stereocenters. The van der Waals surface area contributed by atoms with Gasteiger partial charge >= 0.3 is 0 Å². The average molecular weight is 270 g/mol. The van der Waals surface area contributed by atoms with Crippen molar-refractivity contribution < 1.29 is 4.74 Å². The molecule has 1 unspecified atom stereocenters. The van der Waals surface area contributed by atoms with Crippen molar-refractivity contribution in [2.45, 2.75) is 31.8 Å². The molecule has 0 spiro atoms. The molecule has 0 aliphatic carbocycles. The highest BCUT2D eigenvalue weighted by molar-refractivity contribution is 6.31. The Morgan fingerprint density at radius 3 is 3.11 bits per heavy atom. The minimum Gasteiger partial charge on any atom is -0.476 e. The zero-order chi connectivity index (χ0) is 13.0. The second-order valence-electron chi connectivity index (χ2n) is 4.76. The molecule has 2 heterocycles. The summed E-state index contributed by atoms with van der Waals surface area (Å²) >= 11 is 5.96. The number of pyridine rings is 1. The van der Waals surface area contributed by atoms with Crippen LogP contribution in [0.4, 0.5) is 0 Å². The van der Waals surface area contributed by atoms with Gasteiger partial charge in [-0.1, -0.05) is 18.0 Å². The standard InChI is InChI=1S/C13H20ClN3O/c1-17-5-3-2-4-11(17)9-18-13-6-10(7-15)12(14)8-16-13/h6,8,11H,2-5,7,9,15H2,1H3. The van der Waals surface area contributed by atoms with Crippen molar-refractivity contribution in [1.29, 1.82) is 0 Å². The third-order valence-electron chi connectivity index (χ3n) is 3.47. The van der Waals surface area contributed by atoms with Crippen LogP contribution >= 0.6 is 11.6 Å². The molecule has 1 fully saturated rings. The second-order valence-corrected chi connectivity index (χ2v) is 5.17. The van der Waals surface area contributed by atoms with E-state index < -0.39 is 0 Å². The Hall–Kier alpha value is -0.840. The normalized spacial score (nSPS) is 20.9. The number of likely N-dealkylation sites (N-methyl/N-ethyl adjacent to an activating group) is 1. The maximum absolute atomic E-state index is 5.96. The summed E-state index contributed by atoms with van der Waals surface area (Å²) in [6, 6.07) is 2.31. The molecule has 4 nitrogen and oxygen atoms in total. The molecule has 1 aromatic rings. The molecule has 1 aromatic heterocycles. The Kier molecular flexibility index (Phi) is 4.80. The van der Waals surface area contributed by atoms with Crippen molar-refractivity contribution >= 4 is 11.6 Å². The van der Waals surface area contributed by atoms with Crippen molar-refractivity contribution in [3.63, 3.8) is 0 Å². The fourth-order valence-corrected chi connectivity index (χ4v) is 2.41. The smallest absolute Gasteiger partial charge is 0.213 e. The molecule has 2 rings (SSSR count). The van der Waals surface area contributed by atoms with Gasteiger partial charge in [0.05, 0.1) is 5.02 Å². The van der Waals surface area contributed by atoms with Crippen molar-refractivity contribution in [3.8, 4) is 5.88 Å². The Balaban J connectivity index is 1.93. The lowest BCUT2D eigenvalue weighted by atomic mass is 10.0. The summed E-state index contributed by atoms with van der Waals surface area (Å²) in [5, 5.41) is 0.597. The minimum absolute atomic E-state index is 0.404. The molecule has 5 heteroatoms. The number of rotatable bonds is 4. The topological polar surface area (TPSA) is 51.4 Å². The largest absolute Gasteiger partial charge is 0.476 e. The van der Waals surface area contributed by atoms with Crippen LogP contribution in [0.3, 0.4) is 0 Å². The zero-order valence-corrected chi connectivity index (χ0v) is 11.5. The molecule has 100 valence electrons. The third kappa shape index (κ3) is 3.34. The fraction of sp³-hybridized carbons (Fsp3) is 0.615. The average Bonchev–Trinajstić information content (AvgIpc) is 2.39. The third-order valence-corrected chi connectivity index (χ3v) is 3.81. The SMILES string of the molecule is CN1CCCCC1COc1cc(CN)c(Cl)cn1. The van der Waals surface area contributed by atoms with Crippen LogP contribution in [-0.2, 0) is 6.54 Å². The van der Waals surface area contributed by atoms with Gasteiger partial charge in [-0.2, -0.15) is 0 Å². The summed E-state index contributed by atoms with van der Waals surface area (Å²) in [7, 11) is 2.15. The Morgan fingerprint density at radius 1 is 1.56 bits per heavy atom. The van der Waals surface area contributed by atoms with Gasteiger partial charge in [-0.15, -0.1) is 0 Å². The van der Waals surface area contributed by atoms with Crippen molar-refractivity contribution in [2.24, 2.45) is 5.73 Å². The predicted molar refractivity (Wildman–Crippen MR) is 72.9 cm³/mol. The molecule has 0 radical (unpaired) electrons. The summed E-state index contributed by atoms with van der Waals surface area (Å²) in [4.78, 5) is 6.52. The number of hydrogen-bond acceptors (Lipinski definition) is 4. The molecule has 1 aliphatic rings. The highest BCUT2D eigenvalue weighted by Crippen LogP contribution is 2.20. The van der Waals surface area contributed by atoms with E-state index in [1.807, 2.05) is 6.07 Å². The van der Waals surface area contributed by atoms with Crippen LogP contribution < -0.4 is 10.5 Å². The number of hydrogen-bond donors (Lipinski definition) is 1. The number of halogens is 1. The first-order valence-electron chi connectivity index (χ1n) is 6.38. The van der Waals surface area contributed by atoms with E-state index >= 15 is 0 Å². The molecule has 0 aromatic carbocycles. The van der Waals surface area contributed by atoms with Gasteiger partial charge in [-0.3, -0.25) is 0 Å². The van der Waals surface area contributed by atoms with Crippen molar-refractivity contribution in [3.05, 3.63) is 22.8 Å². The van der Waals surface area contributed by atoms with Crippen molar-refractivity contribution in [2.75, 3.05) is 20.2 Å². The maximum Gasteiger partial charge on any atom is 0.213 e. The monoisotopic (exact) mass is 269 g/mol. The second kappa shape index (κ2) is 6.36. The van der Waals surface area contributed by atoms with Gasteiger partial charge in [0.2, 0.25) is 5.88 Å². The zero-order valence-electron chi connectivity index (χ0n) is 10.7. The van der Waals surface area contributed by atoms with Gasteiger partial charge in [0.1, 0.15) is 6.61 Å². The van der Waals surface area contributed by atoms with E-state index in [2.05, 4.69) is 16.9 Å². The lowest BCUT2D eigenvalue weighted by Crippen LogP contribution is -2.40. The summed E-state index contributed by atoms with van der Waals surface area (Å²) in [5.74, 6) is 0.610. The van der Waals surface area contributed by atoms with E-state index in [0.29, 0.717) is 30.1 Å². The van der Waals surface area contributed by atoms with Gasteiger partial charge < -0.3 is 15.4 Å². The van der Waals surface area contributed by atoms with Crippen LogP contribution in [0, 0.1) is 0 Å². The molecule has 18 heavy (non-hydrogen) atoms. The van der Waals surface area contributed by atoms with Gasteiger partial charge in [0.15, 0.2) is 0 Å². The highest BCUT2D eigenvalue weighted by atomic mass is 35.5. The Morgan fingerprint density at radius 2 is 2.39 bits per heavy atom. The summed E-state index contributed by atoms with van der Waals surface area (Å²) in [6.45, 7) is 2.23. The van der Waals surface area contributed by atoms with Crippen LogP contribution in [0.15, 0.2) is 12.3 Å². The number of nitrogens with zero attached hydrogens (tertiary/aromatic N) is 2. The van der Waals surface area contributed by atoms with E-state index in [4.69, 9.17) is 22.1 Å². The van der Waals surface area contributed by atoms with Crippen LogP contribution in [0.1, 0.15) is 24.8 Å². The molecule has 0 saturated carbocycles. The number of piperidine rings is 1. The fourth-order valence-electron chi connectivity index (χ4n) is 2.23.